The van der Waals surface area contributed by atoms with Gasteiger partial charge in [0.15, 0.2) is 12.2 Å². The Hall–Kier alpha value is -2.46. The molecule has 0 radical (unpaired) electrons. The molecular formula is C79H150O17P2. The fraction of sp³-hybridized carbons (Fsp3) is 0.899. The Kier molecular flexibility index (Phi) is 69.7. The van der Waals surface area contributed by atoms with E-state index in [1.54, 1.807) is 0 Å². The summed E-state index contributed by atoms with van der Waals surface area (Å²) in [7, 11) is -9.92. The van der Waals surface area contributed by atoms with Gasteiger partial charge in [-0.25, -0.2) is 9.13 Å². The number of rotatable bonds is 77. The van der Waals surface area contributed by atoms with Gasteiger partial charge in [0.2, 0.25) is 0 Å². The van der Waals surface area contributed by atoms with Gasteiger partial charge in [-0.2, -0.15) is 0 Å². The third-order valence-corrected chi connectivity index (χ3v) is 19.8. The molecule has 0 saturated heterocycles. The summed E-state index contributed by atoms with van der Waals surface area (Å²) < 4.78 is 68.3. The van der Waals surface area contributed by atoms with Crippen LogP contribution in [0, 0.1) is 5.92 Å². The molecule has 0 aromatic heterocycles. The maximum atomic E-state index is 13.1. The van der Waals surface area contributed by atoms with Crippen LogP contribution in [0.2, 0.25) is 0 Å². The minimum absolute atomic E-state index is 0.0844. The van der Waals surface area contributed by atoms with E-state index in [1.165, 1.54) is 199 Å². The summed E-state index contributed by atoms with van der Waals surface area (Å²) in [5.41, 5.74) is 0. The second kappa shape index (κ2) is 71.5. The van der Waals surface area contributed by atoms with Crippen molar-refractivity contribution in [1.82, 2.24) is 0 Å². The minimum Gasteiger partial charge on any atom is -0.462 e. The predicted molar refractivity (Wildman–Crippen MR) is 400 cm³/mol. The van der Waals surface area contributed by atoms with Gasteiger partial charge in [-0.15, -0.1) is 0 Å². The molecule has 0 aromatic rings. The first-order valence-corrected chi connectivity index (χ1v) is 43.4. The first kappa shape index (κ1) is 95.5. The highest BCUT2D eigenvalue weighted by atomic mass is 31.2. The van der Waals surface area contributed by atoms with Crippen LogP contribution in [0.5, 0.6) is 0 Å². The number of aliphatic hydroxyl groups excluding tert-OH is 1. The standard InChI is InChI=1S/C79H150O17P2/c1-6-9-12-15-17-19-21-23-25-26-27-28-33-36-40-44-48-53-58-63-77(82)90-69-75(96-79(84)65-60-55-50-46-42-38-34-30-29-32-35-39-43-47-52-56-61-72(4)5)71-94-98(87,88)92-67-73(80)66-91-97(85,86)93-70-74(68-89-76(81)62-57-51-14-11-8-3)95-78(83)64-59-54-49-45-41-37-31-24-22-20-18-16-13-10-7-2/h20,22,24,31,72-75,80H,6-19,21,23,25-30,32-71H2,1-5H3,(H,85,86)(H,87,88)/b22-20-,31-24-/t73-,74+,75+/m0/s1. The lowest BCUT2D eigenvalue weighted by Gasteiger charge is -2.21. The zero-order chi connectivity index (χ0) is 71.9. The Labute approximate surface area is 599 Å². The van der Waals surface area contributed by atoms with E-state index < -0.39 is 97.5 Å². The largest absolute Gasteiger partial charge is 0.472 e. The Morgan fingerprint density at radius 3 is 0.837 bits per heavy atom. The number of carbonyl (C=O) groups excluding carboxylic acids is 4. The van der Waals surface area contributed by atoms with Crippen molar-refractivity contribution in [2.24, 2.45) is 5.92 Å². The molecule has 0 saturated carbocycles. The number of ether oxygens (including phenoxy) is 4. The van der Waals surface area contributed by atoms with Crippen LogP contribution in [-0.4, -0.2) is 96.7 Å². The number of unbranched alkanes of at least 4 members (excludes halogenated alkanes) is 46. The van der Waals surface area contributed by atoms with E-state index in [4.69, 9.17) is 37.0 Å². The highest BCUT2D eigenvalue weighted by Gasteiger charge is 2.30. The molecule has 19 heteroatoms. The van der Waals surface area contributed by atoms with Gasteiger partial charge in [0.05, 0.1) is 26.4 Å². The van der Waals surface area contributed by atoms with Crippen LogP contribution < -0.4 is 0 Å². The van der Waals surface area contributed by atoms with Gasteiger partial charge in [-0.1, -0.05) is 341 Å². The van der Waals surface area contributed by atoms with Crippen molar-refractivity contribution >= 4 is 39.5 Å². The van der Waals surface area contributed by atoms with E-state index in [1.807, 2.05) is 0 Å². The van der Waals surface area contributed by atoms with Crippen LogP contribution in [-0.2, 0) is 65.4 Å². The summed E-state index contributed by atoms with van der Waals surface area (Å²) in [6.07, 6.45) is 65.1. The molecule has 0 aliphatic heterocycles. The summed E-state index contributed by atoms with van der Waals surface area (Å²) >= 11 is 0. The topological polar surface area (TPSA) is 237 Å². The van der Waals surface area contributed by atoms with Crippen LogP contribution in [0.4, 0.5) is 0 Å². The number of aliphatic hydroxyl groups is 1. The van der Waals surface area contributed by atoms with Crippen LogP contribution in [0.15, 0.2) is 24.3 Å². The van der Waals surface area contributed by atoms with Crippen molar-refractivity contribution in [1.29, 1.82) is 0 Å². The molecular weight excluding hydrogens is 1280 g/mol. The van der Waals surface area contributed by atoms with Crippen molar-refractivity contribution < 1.29 is 80.2 Å². The molecule has 0 amide bonds. The molecule has 2 unspecified atom stereocenters. The zero-order valence-electron chi connectivity index (χ0n) is 63.4. The van der Waals surface area contributed by atoms with Crippen LogP contribution in [0.3, 0.4) is 0 Å². The molecule has 0 bridgehead atoms. The zero-order valence-corrected chi connectivity index (χ0v) is 65.2. The third kappa shape index (κ3) is 71.9. The maximum absolute atomic E-state index is 13.1. The van der Waals surface area contributed by atoms with Gasteiger partial charge in [0.1, 0.15) is 19.3 Å². The van der Waals surface area contributed by atoms with Crippen molar-refractivity contribution in [3.8, 4) is 0 Å². The SMILES string of the molecule is CCCCCC/C=C\C=C/CCCCCCCC(=O)O[C@H](COC(=O)CCCCCCC)COP(=O)(O)OC[C@H](O)COP(=O)(O)OC[C@@H](COC(=O)CCCCCCCCCCCCCCCCCCCCC)OC(=O)CCCCCCCCCCCCCCCCCCC(C)C. The van der Waals surface area contributed by atoms with E-state index in [0.717, 1.165) is 115 Å². The Balaban J connectivity index is 5.16. The molecule has 0 aromatic carbocycles. The molecule has 0 fully saturated rings. The fourth-order valence-corrected chi connectivity index (χ4v) is 13.3. The molecule has 578 valence electrons. The normalized spacial score (nSPS) is 14.1. The summed E-state index contributed by atoms with van der Waals surface area (Å²) in [6, 6.07) is 0. The molecule has 0 aliphatic carbocycles. The molecule has 0 aliphatic rings. The fourth-order valence-electron chi connectivity index (χ4n) is 11.7. The van der Waals surface area contributed by atoms with Gasteiger partial charge in [0.25, 0.3) is 0 Å². The Morgan fingerprint density at radius 2 is 0.551 bits per heavy atom. The number of phosphoric acid groups is 2. The van der Waals surface area contributed by atoms with Crippen LogP contribution in [0.25, 0.3) is 0 Å². The lowest BCUT2D eigenvalue weighted by atomic mass is 10.0. The van der Waals surface area contributed by atoms with Crippen molar-refractivity contribution in [3.05, 3.63) is 24.3 Å². The van der Waals surface area contributed by atoms with Crippen molar-refractivity contribution in [3.63, 3.8) is 0 Å². The monoisotopic (exact) mass is 1430 g/mol. The van der Waals surface area contributed by atoms with Gasteiger partial charge < -0.3 is 33.8 Å². The Morgan fingerprint density at radius 1 is 0.316 bits per heavy atom. The first-order valence-electron chi connectivity index (χ1n) is 40.5. The molecule has 5 atom stereocenters. The maximum Gasteiger partial charge on any atom is 0.472 e. The molecule has 0 rings (SSSR count). The average Bonchev–Trinajstić information content (AvgIpc) is 1.03. The van der Waals surface area contributed by atoms with Crippen molar-refractivity contribution in [2.45, 2.75) is 412 Å². The van der Waals surface area contributed by atoms with E-state index in [0.29, 0.717) is 25.7 Å². The number of phosphoric ester groups is 2. The molecule has 98 heavy (non-hydrogen) atoms. The Bertz CT molecular complexity index is 1970. The van der Waals surface area contributed by atoms with Crippen LogP contribution in [0.1, 0.15) is 394 Å². The van der Waals surface area contributed by atoms with Gasteiger partial charge in [-0.05, 0) is 57.3 Å². The van der Waals surface area contributed by atoms with E-state index in [9.17, 15) is 43.2 Å². The number of esters is 4. The van der Waals surface area contributed by atoms with Gasteiger partial charge in [-0.3, -0.25) is 37.3 Å². The highest BCUT2D eigenvalue weighted by molar-refractivity contribution is 7.47. The molecule has 0 heterocycles. The first-order chi connectivity index (χ1) is 47.5. The van der Waals surface area contributed by atoms with Crippen molar-refractivity contribution in [2.75, 3.05) is 39.6 Å². The van der Waals surface area contributed by atoms with E-state index >= 15 is 0 Å². The summed E-state index contributed by atoms with van der Waals surface area (Å²) in [4.78, 5) is 72.6. The smallest absolute Gasteiger partial charge is 0.462 e. The lowest BCUT2D eigenvalue weighted by Crippen LogP contribution is -2.30. The molecule has 0 spiro atoms. The average molecular weight is 1430 g/mol. The second-order valence-electron chi connectivity index (χ2n) is 28.2. The summed E-state index contributed by atoms with van der Waals surface area (Å²) in [5.74, 6) is -1.34. The highest BCUT2D eigenvalue weighted by Crippen LogP contribution is 2.45. The van der Waals surface area contributed by atoms with Gasteiger partial charge in [0, 0.05) is 25.7 Å². The lowest BCUT2D eigenvalue weighted by molar-refractivity contribution is -0.161. The van der Waals surface area contributed by atoms with Crippen LogP contribution >= 0.6 is 15.6 Å². The number of hydrogen-bond acceptors (Lipinski definition) is 15. The van der Waals surface area contributed by atoms with E-state index in [2.05, 4.69) is 58.9 Å². The summed E-state index contributed by atoms with van der Waals surface area (Å²) in [6.45, 7) is 7.18. The minimum atomic E-state index is -4.96. The number of allylic oxidation sites excluding steroid dienone is 4. The van der Waals surface area contributed by atoms with E-state index in [-0.39, 0.29) is 25.7 Å². The number of carbonyl (C=O) groups is 4. The second-order valence-corrected chi connectivity index (χ2v) is 31.2. The molecule has 17 nitrogen and oxygen atoms in total. The molecule has 3 N–H and O–H groups in total. The quantitative estimate of drug-likeness (QED) is 0.0169. The van der Waals surface area contributed by atoms with Gasteiger partial charge >= 0.3 is 39.5 Å². The number of hydrogen-bond donors (Lipinski definition) is 3. The summed E-state index contributed by atoms with van der Waals surface area (Å²) in [5, 5.41) is 10.6. The third-order valence-electron chi connectivity index (χ3n) is 17.9. The predicted octanol–water partition coefficient (Wildman–Crippen LogP) is 23.2.